The maximum atomic E-state index is 12.2. The Hall–Kier alpha value is -2.22. The molecule has 0 spiro atoms. The van der Waals surface area contributed by atoms with Gasteiger partial charge in [-0.25, -0.2) is 0 Å². The molecule has 0 atom stereocenters. The number of anilines is 1. The van der Waals surface area contributed by atoms with E-state index in [-0.39, 0.29) is 11.7 Å². The number of nitrogens with one attached hydrogen (secondary N) is 1. The Morgan fingerprint density at radius 2 is 2.00 bits per heavy atom. The Balaban J connectivity index is 1.67. The molecule has 1 heterocycles. The fourth-order valence-corrected chi connectivity index (χ4v) is 3.43. The molecule has 6 nitrogen and oxygen atoms in total. The molecule has 0 aliphatic carbocycles. The van der Waals surface area contributed by atoms with Gasteiger partial charge in [-0.2, -0.15) is 0 Å². The third-order valence-electron chi connectivity index (χ3n) is 3.72. The number of ether oxygens (including phenoxy) is 1. The summed E-state index contributed by atoms with van der Waals surface area (Å²) in [7, 11) is 3.46. The molecule has 0 aliphatic heterocycles. The third-order valence-corrected chi connectivity index (χ3v) is 5.56. The lowest BCUT2D eigenvalue weighted by atomic mass is 10.2. The number of halogens is 2. The van der Waals surface area contributed by atoms with E-state index in [1.165, 1.54) is 11.8 Å². The molecule has 1 amide bonds. The summed E-state index contributed by atoms with van der Waals surface area (Å²) in [6.45, 7) is 0. The standard InChI is InChI=1S/C18H16Cl2N4O2S/c1-24-17(11-5-3-6-12(9-11)26-2)22-23-18(24)27-10-15(25)21-14-8-4-7-13(19)16(14)20/h3-9H,10H2,1-2H3,(H,21,25). The van der Waals surface area contributed by atoms with E-state index in [9.17, 15) is 4.79 Å². The van der Waals surface area contributed by atoms with Crippen molar-refractivity contribution < 1.29 is 9.53 Å². The molecule has 3 rings (SSSR count). The van der Waals surface area contributed by atoms with Crippen LogP contribution < -0.4 is 10.1 Å². The van der Waals surface area contributed by atoms with Crippen LogP contribution in [0.5, 0.6) is 5.75 Å². The number of benzene rings is 2. The molecule has 0 saturated heterocycles. The van der Waals surface area contributed by atoms with Gasteiger partial charge in [-0.1, -0.05) is 53.2 Å². The van der Waals surface area contributed by atoms with Crippen molar-refractivity contribution in [3.05, 3.63) is 52.5 Å². The number of carbonyl (C=O) groups is 1. The van der Waals surface area contributed by atoms with E-state index in [1.807, 2.05) is 35.9 Å². The second kappa shape index (κ2) is 8.65. The van der Waals surface area contributed by atoms with Gasteiger partial charge in [0, 0.05) is 12.6 Å². The summed E-state index contributed by atoms with van der Waals surface area (Å²) in [4.78, 5) is 12.2. The fourth-order valence-electron chi connectivity index (χ4n) is 2.37. The van der Waals surface area contributed by atoms with Crippen molar-refractivity contribution in [1.29, 1.82) is 0 Å². The zero-order valence-corrected chi connectivity index (χ0v) is 16.9. The number of thioether (sulfide) groups is 1. The van der Waals surface area contributed by atoms with Gasteiger partial charge >= 0.3 is 0 Å². The summed E-state index contributed by atoms with van der Waals surface area (Å²) in [6.07, 6.45) is 0. The predicted molar refractivity (Wildman–Crippen MR) is 109 cm³/mol. The Morgan fingerprint density at radius 3 is 2.78 bits per heavy atom. The van der Waals surface area contributed by atoms with Crippen molar-refractivity contribution >= 4 is 46.6 Å². The van der Waals surface area contributed by atoms with Crippen LogP contribution in [0, 0.1) is 0 Å². The third kappa shape index (κ3) is 4.55. The van der Waals surface area contributed by atoms with Gasteiger partial charge in [-0.15, -0.1) is 10.2 Å². The lowest BCUT2D eigenvalue weighted by molar-refractivity contribution is -0.113. The zero-order valence-electron chi connectivity index (χ0n) is 14.6. The number of carbonyl (C=O) groups excluding carboxylic acids is 1. The zero-order chi connectivity index (χ0) is 19.4. The van der Waals surface area contributed by atoms with E-state index < -0.39 is 0 Å². The topological polar surface area (TPSA) is 69.0 Å². The van der Waals surface area contributed by atoms with Crippen LogP contribution in [0.15, 0.2) is 47.6 Å². The summed E-state index contributed by atoms with van der Waals surface area (Å²) < 4.78 is 7.07. The number of nitrogens with zero attached hydrogens (tertiary/aromatic N) is 3. The van der Waals surface area contributed by atoms with Gasteiger partial charge < -0.3 is 14.6 Å². The number of methoxy groups -OCH3 is 1. The SMILES string of the molecule is COc1cccc(-c2nnc(SCC(=O)Nc3cccc(Cl)c3Cl)n2C)c1. The lowest BCUT2D eigenvalue weighted by Crippen LogP contribution is -2.14. The summed E-state index contributed by atoms with van der Waals surface area (Å²) in [5.41, 5.74) is 1.36. The van der Waals surface area contributed by atoms with Crippen LogP contribution in [-0.4, -0.2) is 33.5 Å². The highest BCUT2D eigenvalue weighted by Crippen LogP contribution is 2.30. The normalized spacial score (nSPS) is 10.7. The molecule has 0 bridgehead atoms. The van der Waals surface area contributed by atoms with Crippen molar-refractivity contribution in [2.75, 3.05) is 18.2 Å². The van der Waals surface area contributed by atoms with Gasteiger partial charge in [-0.3, -0.25) is 4.79 Å². The van der Waals surface area contributed by atoms with Crippen molar-refractivity contribution in [1.82, 2.24) is 14.8 Å². The number of aromatic nitrogens is 3. The molecule has 0 aliphatic rings. The van der Waals surface area contributed by atoms with Crippen LogP contribution in [-0.2, 0) is 11.8 Å². The minimum atomic E-state index is -0.213. The minimum absolute atomic E-state index is 0.160. The van der Waals surface area contributed by atoms with E-state index in [1.54, 1.807) is 25.3 Å². The summed E-state index contributed by atoms with van der Waals surface area (Å²) >= 11 is 13.3. The van der Waals surface area contributed by atoms with Gasteiger partial charge in [-0.05, 0) is 24.3 Å². The minimum Gasteiger partial charge on any atom is -0.497 e. The monoisotopic (exact) mass is 422 g/mol. The molecule has 140 valence electrons. The summed E-state index contributed by atoms with van der Waals surface area (Å²) in [5, 5.41) is 12.5. The van der Waals surface area contributed by atoms with E-state index >= 15 is 0 Å². The highest BCUT2D eigenvalue weighted by molar-refractivity contribution is 7.99. The molecule has 0 saturated carbocycles. The quantitative estimate of drug-likeness (QED) is 0.590. The molecule has 1 N–H and O–H groups in total. The Kier molecular flexibility index (Phi) is 6.26. The Labute approximate surface area is 170 Å². The average Bonchev–Trinajstić information content (AvgIpc) is 3.04. The van der Waals surface area contributed by atoms with Crippen LogP contribution in [0.1, 0.15) is 0 Å². The molecule has 2 aromatic carbocycles. The Morgan fingerprint density at radius 1 is 1.22 bits per heavy atom. The summed E-state index contributed by atoms with van der Waals surface area (Å²) in [6, 6.07) is 12.6. The van der Waals surface area contributed by atoms with Gasteiger partial charge in [0.05, 0.1) is 28.6 Å². The van der Waals surface area contributed by atoms with Gasteiger partial charge in [0.1, 0.15) is 5.75 Å². The molecule has 0 radical (unpaired) electrons. The maximum absolute atomic E-state index is 12.2. The van der Waals surface area contributed by atoms with Crippen LogP contribution >= 0.6 is 35.0 Å². The van der Waals surface area contributed by atoms with Crippen molar-refractivity contribution in [2.24, 2.45) is 7.05 Å². The van der Waals surface area contributed by atoms with Gasteiger partial charge in [0.2, 0.25) is 5.91 Å². The first-order valence-electron chi connectivity index (χ1n) is 7.90. The van der Waals surface area contributed by atoms with Crippen LogP contribution in [0.25, 0.3) is 11.4 Å². The number of rotatable bonds is 6. The molecule has 1 aromatic heterocycles. The Bertz CT molecular complexity index is 978. The lowest BCUT2D eigenvalue weighted by Gasteiger charge is -2.08. The van der Waals surface area contributed by atoms with E-state index in [4.69, 9.17) is 27.9 Å². The van der Waals surface area contributed by atoms with Crippen LogP contribution in [0.2, 0.25) is 10.0 Å². The van der Waals surface area contributed by atoms with Gasteiger partial charge in [0.25, 0.3) is 0 Å². The van der Waals surface area contributed by atoms with E-state index in [2.05, 4.69) is 15.5 Å². The molecular weight excluding hydrogens is 407 g/mol. The average molecular weight is 423 g/mol. The summed E-state index contributed by atoms with van der Waals surface area (Å²) in [5.74, 6) is 1.37. The second-order valence-electron chi connectivity index (χ2n) is 5.54. The molecule has 0 unspecified atom stereocenters. The molecule has 9 heteroatoms. The van der Waals surface area contributed by atoms with E-state index in [0.29, 0.717) is 26.7 Å². The van der Waals surface area contributed by atoms with Gasteiger partial charge in [0.15, 0.2) is 11.0 Å². The molecule has 3 aromatic rings. The van der Waals surface area contributed by atoms with Crippen LogP contribution in [0.3, 0.4) is 0 Å². The van der Waals surface area contributed by atoms with Crippen LogP contribution in [0.4, 0.5) is 5.69 Å². The first-order chi connectivity index (χ1) is 13.0. The maximum Gasteiger partial charge on any atom is 0.234 e. The largest absolute Gasteiger partial charge is 0.497 e. The fraction of sp³-hybridized carbons (Fsp3) is 0.167. The van der Waals surface area contributed by atoms with E-state index in [0.717, 1.165) is 11.3 Å². The molecular formula is C18H16Cl2N4O2S. The molecule has 27 heavy (non-hydrogen) atoms. The smallest absolute Gasteiger partial charge is 0.234 e. The highest BCUT2D eigenvalue weighted by Gasteiger charge is 2.14. The number of hydrogen-bond acceptors (Lipinski definition) is 5. The second-order valence-corrected chi connectivity index (χ2v) is 7.26. The highest BCUT2D eigenvalue weighted by atomic mass is 35.5. The number of hydrogen-bond donors (Lipinski definition) is 1. The number of amides is 1. The van der Waals surface area contributed by atoms with Crippen molar-refractivity contribution in [3.63, 3.8) is 0 Å². The molecule has 0 fully saturated rings. The first-order valence-corrected chi connectivity index (χ1v) is 9.64. The van der Waals surface area contributed by atoms with Crippen molar-refractivity contribution in [3.8, 4) is 17.1 Å². The van der Waals surface area contributed by atoms with Crippen molar-refractivity contribution in [2.45, 2.75) is 5.16 Å². The predicted octanol–water partition coefficient (Wildman–Crippen LogP) is 4.53. The first kappa shape index (κ1) is 19.5.